The fourth-order valence-corrected chi connectivity index (χ4v) is 2.91. The molecule has 3 aromatic rings. The molecule has 1 heterocycles. The number of aryl methyl sites for hydroxylation is 2. The van der Waals surface area contributed by atoms with Crippen molar-refractivity contribution < 1.29 is 4.39 Å². The minimum atomic E-state index is -0.198. The Balaban J connectivity index is 2.12. The van der Waals surface area contributed by atoms with Gasteiger partial charge in [-0.3, -0.25) is 0 Å². The summed E-state index contributed by atoms with van der Waals surface area (Å²) in [5.41, 5.74) is 10.7. The number of nitrogens with two attached hydrogens (primary N) is 1. The molecule has 0 saturated heterocycles. The monoisotopic (exact) mass is 296 g/mol. The first-order valence-corrected chi connectivity index (χ1v) is 7.77. The fourth-order valence-electron chi connectivity index (χ4n) is 2.91. The molecule has 3 heteroatoms. The summed E-state index contributed by atoms with van der Waals surface area (Å²) >= 11 is 0. The summed E-state index contributed by atoms with van der Waals surface area (Å²) in [7, 11) is 0. The minimum absolute atomic E-state index is 0.198. The van der Waals surface area contributed by atoms with Crippen molar-refractivity contribution in [3.05, 3.63) is 59.4 Å². The van der Waals surface area contributed by atoms with Crippen LogP contribution in [0.3, 0.4) is 0 Å². The van der Waals surface area contributed by atoms with Crippen LogP contribution < -0.4 is 5.73 Å². The van der Waals surface area contributed by atoms with Gasteiger partial charge in [0.25, 0.3) is 0 Å². The number of aromatic nitrogens is 1. The molecule has 2 nitrogen and oxygen atoms in total. The summed E-state index contributed by atoms with van der Waals surface area (Å²) in [6.07, 6.45) is 2.90. The molecule has 1 aromatic heterocycles. The van der Waals surface area contributed by atoms with Crippen molar-refractivity contribution in [1.29, 1.82) is 0 Å². The Labute approximate surface area is 130 Å². The van der Waals surface area contributed by atoms with E-state index in [1.165, 1.54) is 17.2 Å². The van der Waals surface area contributed by atoms with E-state index >= 15 is 0 Å². The second-order valence-corrected chi connectivity index (χ2v) is 5.75. The lowest BCUT2D eigenvalue weighted by Crippen LogP contribution is -1.99. The van der Waals surface area contributed by atoms with Crippen LogP contribution in [-0.2, 0) is 6.42 Å². The second kappa shape index (κ2) is 6.32. The third kappa shape index (κ3) is 2.77. The first-order valence-electron chi connectivity index (χ1n) is 7.77. The summed E-state index contributed by atoms with van der Waals surface area (Å²) in [5, 5.41) is 0.979. The number of para-hydroxylation sites is 1. The molecular formula is C19H21FN2. The van der Waals surface area contributed by atoms with Crippen LogP contribution in [-0.4, -0.2) is 11.5 Å². The van der Waals surface area contributed by atoms with E-state index in [2.05, 4.69) is 36.2 Å². The Morgan fingerprint density at radius 1 is 1.05 bits per heavy atom. The van der Waals surface area contributed by atoms with E-state index < -0.39 is 0 Å². The molecule has 0 atom stereocenters. The SMILES string of the molecule is Cc1ccc(-c2[nH]c3c(F)cccc3c2CCCCN)cc1. The van der Waals surface area contributed by atoms with Crippen LogP contribution in [0.25, 0.3) is 22.2 Å². The standard InChI is InChI=1S/C19H21FN2/c1-13-8-10-14(11-9-13)18-15(5-2-3-12-21)16-6-4-7-17(20)19(16)22-18/h4,6-11,22H,2-3,5,12,21H2,1H3. The molecule has 0 fully saturated rings. The molecule has 0 saturated carbocycles. The zero-order valence-corrected chi connectivity index (χ0v) is 12.8. The van der Waals surface area contributed by atoms with Gasteiger partial charge in [0.15, 0.2) is 0 Å². The van der Waals surface area contributed by atoms with E-state index in [0.717, 1.165) is 35.9 Å². The average molecular weight is 296 g/mol. The van der Waals surface area contributed by atoms with Gasteiger partial charge in [0.2, 0.25) is 0 Å². The summed E-state index contributed by atoms with van der Waals surface area (Å²) in [6, 6.07) is 13.6. The maximum atomic E-state index is 14.1. The fraction of sp³-hybridized carbons (Fsp3) is 0.263. The van der Waals surface area contributed by atoms with Crippen LogP contribution in [0.4, 0.5) is 4.39 Å². The van der Waals surface area contributed by atoms with E-state index in [-0.39, 0.29) is 5.82 Å². The Morgan fingerprint density at radius 3 is 2.55 bits per heavy atom. The zero-order valence-electron chi connectivity index (χ0n) is 12.8. The van der Waals surface area contributed by atoms with Gasteiger partial charge in [0.05, 0.1) is 5.52 Å². The third-order valence-corrected chi connectivity index (χ3v) is 4.11. The Bertz CT molecular complexity index is 772. The molecule has 3 rings (SSSR count). The molecular weight excluding hydrogens is 275 g/mol. The highest BCUT2D eigenvalue weighted by molar-refractivity contribution is 5.91. The molecule has 0 amide bonds. The van der Waals surface area contributed by atoms with Gasteiger partial charge < -0.3 is 10.7 Å². The number of hydrogen-bond acceptors (Lipinski definition) is 1. The van der Waals surface area contributed by atoms with Gasteiger partial charge in [0, 0.05) is 11.1 Å². The van der Waals surface area contributed by atoms with Crippen molar-refractivity contribution in [2.75, 3.05) is 6.54 Å². The normalized spacial score (nSPS) is 11.2. The molecule has 22 heavy (non-hydrogen) atoms. The van der Waals surface area contributed by atoms with E-state index in [4.69, 9.17) is 5.73 Å². The van der Waals surface area contributed by atoms with Gasteiger partial charge >= 0.3 is 0 Å². The maximum absolute atomic E-state index is 14.1. The predicted octanol–water partition coefficient (Wildman–Crippen LogP) is 4.56. The Hall–Kier alpha value is -2.13. The topological polar surface area (TPSA) is 41.8 Å². The van der Waals surface area contributed by atoms with Gasteiger partial charge in [0.1, 0.15) is 5.82 Å². The van der Waals surface area contributed by atoms with E-state index in [1.54, 1.807) is 6.07 Å². The Kier molecular flexibility index (Phi) is 4.25. The van der Waals surface area contributed by atoms with Gasteiger partial charge in [-0.2, -0.15) is 0 Å². The zero-order chi connectivity index (χ0) is 15.5. The summed E-state index contributed by atoms with van der Waals surface area (Å²) in [4.78, 5) is 3.29. The number of H-pyrrole nitrogens is 1. The summed E-state index contributed by atoms with van der Waals surface area (Å²) < 4.78 is 14.1. The number of aromatic amines is 1. The highest BCUT2D eigenvalue weighted by Crippen LogP contribution is 2.32. The quantitative estimate of drug-likeness (QED) is 0.666. The number of benzene rings is 2. The number of nitrogens with one attached hydrogen (secondary N) is 1. The van der Waals surface area contributed by atoms with Crippen molar-refractivity contribution >= 4 is 10.9 Å². The Morgan fingerprint density at radius 2 is 1.82 bits per heavy atom. The van der Waals surface area contributed by atoms with E-state index in [9.17, 15) is 4.39 Å². The summed E-state index contributed by atoms with van der Waals surface area (Å²) in [5.74, 6) is -0.198. The van der Waals surface area contributed by atoms with Crippen molar-refractivity contribution in [3.63, 3.8) is 0 Å². The highest BCUT2D eigenvalue weighted by atomic mass is 19.1. The molecule has 0 spiro atoms. The summed E-state index contributed by atoms with van der Waals surface area (Å²) in [6.45, 7) is 2.76. The molecule has 0 aliphatic carbocycles. The number of unbranched alkanes of at least 4 members (excludes halogenated alkanes) is 1. The lowest BCUT2D eigenvalue weighted by Gasteiger charge is -2.05. The van der Waals surface area contributed by atoms with Crippen molar-refractivity contribution in [3.8, 4) is 11.3 Å². The lowest BCUT2D eigenvalue weighted by molar-refractivity contribution is 0.637. The molecule has 0 aliphatic heterocycles. The lowest BCUT2D eigenvalue weighted by atomic mass is 10.00. The predicted molar refractivity (Wildman–Crippen MR) is 90.4 cm³/mol. The third-order valence-electron chi connectivity index (χ3n) is 4.11. The average Bonchev–Trinajstić information content (AvgIpc) is 2.89. The molecule has 0 aliphatic rings. The van der Waals surface area contributed by atoms with Crippen LogP contribution in [0.5, 0.6) is 0 Å². The van der Waals surface area contributed by atoms with Gasteiger partial charge in [-0.25, -0.2) is 4.39 Å². The largest absolute Gasteiger partial charge is 0.352 e. The van der Waals surface area contributed by atoms with Crippen LogP contribution in [0.15, 0.2) is 42.5 Å². The first kappa shape index (κ1) is 14.8. The highest BCUT2D eigenvalue weighted by Gasteiger charge is 2.15. The van der Waals surface area contributed by atoms with Crippen LogP contribution in [0, 0.1) is 12.7 Å². The van der Waals surface area contributed by atoms with Gasteiger partial charge in [-0.15, -0.1) is 0 Å². The molecule has 2 aromatic carbocycles. The van der Waals surface area contributed by atoms with Crippen LogP contribution in [0.2, 0.25) is 0 Å². The minimum Gasteiger partial charge on any atom is -0.352 e. The number of halogens is 1. The van der Waals surface area contributed by atoms with Crippen LogP contribution in [0.1, 0.15) is 24.0 Å². The van der Waals surface area contributed by atoms with Gasteiger partial charge in [-0.1, -0.05) is 42.0 Å². The smallest absolute Gasteiger partial charge is 0.147 e. The number of rotatable bonds is 5. The van der Waals surface area contributed by atoms with E-state index in [1.807, 2.05) is 6.07 Å². The maximum Gasteiger partial charge on any atom is 0.147 e. The molecule has 0 bridgehead atoms. The van der Waals surface area contributed by atoms with Crippen LogP contribution >= 0.6 is 0 Å². The molecule has 0 radical (unpaired) electrons. The van der Waals surface area contributed by atoms with Crippen molar-refractivity contribution in [2.24, 2.45) is 5.73 Å². The molecule has 114 valence electrons. The second-order valence-electron chi connectivity index (χ2n) is 5.75. The molecule has 0 unspecified atom stereocenters. The number of fused-ring (bicyclic) bond motifs is 1. The molecule has 3 N–H and O–H groups in total. The van der Waals surface area contributed by atoms with E-state index in [0.29, 0.717) is 12.1 Å². The van der Waals surface area contributed by atoms with Crippen molar-refractivity contribution in [2.45, 2.75) is 26.2 Å². The van der Waals surface area contributed by atoms with Crippen molar-refractivity contribution in [1.82, 2.24) is 4.98 Å². The number of hydrogen-bond donors (Lipinski definition) is 2. The van der Waals surface area contributed by atoms with Gasteiger partial charge in [-0.05, 0) is 49.9 Å². The first-order chi connectivity index (χ1) is 10.7.